The number of nitrogens with one attached hydrogen (secondary N) is 1. The van der Waals surface area contributed by atoms with E-state index in [1.165, 1.54) is 6.92 Å². The van der Waals surface area contributed by atoms with Crippen LogP contribution in [0.1, 0.15) is 29.1 Å². The monoisotopic (exact) mass is 117 g/mol. The third-order valence-electron chi connectivity index (χ3n) is 0.551. The molecule has 2 heteroatoms. The van der Waals surface area contributed by atoms with Crippen LogP contribution in [-0.4, -0.2) is 11.4 Å². The van der Waals surface area contributed by atoms with Crippen LogP contribution in [-0.2, 0) is 4.79 Å². The molecule has 1 N–H and O–H groups in total. The minimum Gasteiger partial charge on any atom is -0.352 e. The fourth-order valence-electron chi connectivity index (χ4n) is 0.528. The van der Waals surface area contributed by atoms with E-state index >= 15 is 0 Å². The van der Waals surface area contributed by atoms with Gasteiger partial charge in [0.1, 0.15) is 0 Å². The third-order valence-corrected chi connectivity index (χ3v) is 0.551. The van der Waals surface area contributed by atoms with Crippen LogP contribution in [0.15, 0.2) is 0 Å². The predicted octanol–water partition coefficient (Wildman–Crippen LogP) is 1.17. The molecule has 0 radical (unpaired) electrons. The van der Waals surface area contributed by atoms with Gasteiger partial charge in [0.15, 0.2) is 0 Å². The zero-order chi connectivity index (χ0) is 6.78. The highest BCUT2D eigenvalue weighted by molar-refractivity contribution is 5.73. The van der Waals surface area contributed by atoms with Gasteiger partial charge >= 0.3 is 0 Å². The summed E-state index contributed by atoms with van der Waals surface area (Å²) < 4.78 is 0. The lowest BCUT2D eigenvalue weighted by Gasteiger charge is -2.18. The topological polar surface area (TPSA) is 29.1 Å². The Hall–Kier alpha value is -0.530. The summed E-state index contributed by atoms with van der Waals surface area (Å²) in [6, 6.07) is 0. The molecule has 0 unspecified atom stereocenters. The fourth-order valence-corrected chi connectivity index (χ4v) is 0.528. The number of carbonyl (C=O) groups excluding carboxylic acids is 1. The quantitative estimate of drug-likeness (QED) is 0.507. The molecule has 8 heavy (non-hydrogen) atoms. The highest BCUT2D eigenvalue weighted by Crippen LogP contribution is 1.96. The molecule has 0 saturated heterocycles. The number of amides is 1. The Morgan fingerprint density at radius 3 is 1.88 bits per heavy atom. The molecule has 50 valence electrons. The largest absolute Gasteiger partial charge is 0.352 e. The van der Waals surface area contributed by atoms with Crippen molar-refractivity contribution in [2.24, 2.45) is 0 Å². The number of hydrogen-bond acceptors (Lipinski definition) is 1. The normalized spacial score (nSPS) is 11.0. The smallest absolute Gasteiger partial charge is 0.217 e. The zero-order valence-corrected chi connectivity index (χ0v) is 5.91. The molecule has 0 heterocycles. The second-order valence-electron chi connectivity index (χ2n) is 2.93. The summed E-state index contributed by atoms with van der Waals surface area (Å²) in [6.45, 7) is 7.38. The molecule has 0 fully saturated rings. The zero-order valence-electron chi connectivity index (χ0n) is 5.91. The van der Waals surface area contributed by atoms with Crippen LogP contribution in [0.3, 0.4) is 0 Å². The Morgan fingerprint density at radius 2 is 1.88 bits per heavy atom. The van der Waals surface area contributed by atoms with Crippen molar-refractivity contribution < 1.29 is 6.22 Å². The van der Waals surface area contributed by atoms with Crippen molar-refractivity contribution in [1.29, 1.82) is 0 Å². The Balaban J connectivity index is 0. The van der Waals surface area contributed by atoms with Crippen LogP contribution >= 0.6 is 0 Å². The maximum absolute atomic E-state index is 10.3. The first kappa shape index (κ1) is 7.47. The van der Waals surface area contributed by atoms with Gasteiger partial charge in [-0.25, -0.2) is 0 Å². The average Bonchev–Trinajstić information content (AvgIpc) is 1.21. The second-order valence-corrected chi connectivity index (χ2v) is 2.93. The minimum absolute atomic E-state index is 0. The number of carbonyl (C=O) groups is 1. The van der Waals surface area contributed by atoms with Crippen LogP contribution in [0.5, 0.6) is 0 Å². The van der Waals surface area contributed by atoms with Gasteiger partial charge in [0.2, 0.25) is 5.91 Å². The van der Waals surface area contributed by atoms with Gasteiger partial charge in [-0.05, 0) is 20.8 Å². The van der Waals surface area contributed by atoms with Crippen LogP contribution in [0.25, 0.3) is 0 Å². The molecule has 0 atom stereocenters. The molecule has 0 aromatic carbocycles. The van der Waals surface area contributed by atoms with Gasteiger partial charge in [-0.3, -0.25) is 4.79 Å². The molecule has 0 saturated carbocycles. The summed E-state index contributed by atoms with van der Waals surface area (Å²) in [5.41, 5.74) is -0.0775. The van der Waals surface area contributed by atoms with Gasteiger partial charge in [-0.2, -0.15) is 0 Å². The van der Waals surface area contributed by atoms with Gasteiger partial charge in [0, 0.05) is 13.9 Å². The summed E-state index contributed by atoms with van der Waals surface area (Å²) in [6.07, 6.45) is 0. The molecule has 0 rings (SSSR count). The van der Waals surface area contributed by atoms with Crippen molar-refractivity contribution in [1.82, 2.24) is 5.32 Å². The van der Waals surface area contributed by atoms with E-state index in [0.717, 1.165) is 0 Å². The Bertz CT molecular complexity index is 95.7. The highest BCUT2D eigenvalue weighted by atomic mass is 16.1. The minimum atomic E-state index is -0.0775. The predicted molar refractivity (Wildman–Crippen MR) is 35.7 cm³/mol. The SMILES string of the molecule is CC(=O)NC(C)(C)C.[HH]. The summed E-state index contributed by atoms with van der Waals surface area (Å²) in [7, 11) is 0. The van der Waals surface area contributed by atoms with Crippen molar-refractivity contribution in [2.75, 3.05) is 0 Å². The Kier molecular flexibility index (Phi) is 2.02. The molecule has 0 bridgehead atoms. The van der Waals surface area contributed by atoms with Crippen molar-refractivity contribution in [3.63, 3.8) is 0 Å². The summed E-state index contributed by atoms with van der Waals surface area (Å²) in [4.78, 5) is 10.3. The first-order valence-electron chi connectivity index (χ1n) is 2.70. The molecule has 0 aromatic heterocycles. The number of hydrogen-bond donors (Lipinski definition) is 1. The van der Waals surface area contributed by atoms with Crippen LogP contribution in [0, 0.1) is 0 Å². The fraction of sp³-hybridized carbons (Fsp3) is 0.833. The van der Waals surface area contributed by atoms with E-state index in [2.05, 4.69) is 5.32 Å². The Morgan fingerprint density at radius 1 is 1.50 bits per heavy atom. The van der Waals surface area contributed by atoms with Gasteiger partial charge in [-0.1, -0.05) is 0 Å². The Labute approximate surface area is 51.8 Å². The molecule has 0 spiro atoms. The molecule has 0 aromatic rings. The lowest BCUT2D eigenvalue weighted by molar-refractivity contribution is -0.120. The van der Waals surface area contributed by atoms with E-state index in [9.17, 15) is 4.79 Å². The van der Waals surface area contributed by atoms with E-state index < -0.39 is 0 Å². The van der Waals surface area contributed by atoms with E-state index in [1.807, 2.05) is 20.8 Å². The third kappa shape index (κ3) is 5.47. The number of rotatable bonds is 0. The maximum Gasteiger partial charge on any atom is 0.217 e. The van der Waals surface area contributed by atoms with Crippen LogP contribution in [0.4, 0.5) is 0 Å². The van der Waals surface area contributed by atoms with Crippen molar-refractivity contribution in [2.45, 2.75) is 33.2 Å². The van der Waals surface area contributed by atoms with Crippen molar-refractivity contribution >= 4 is 5.91 Å². The van der Waals surface area contributed by atoms with Gasteiger partial charge in [0.25, 0.3) is 0 Å². The molecule has 0 aliphatic rings. The molecular formula is C6H15NO. The molecule has 2 nitrogen and oxygen atoms in total. The van der Waals surface area contributed by atoms with E-state index in [0.29, 0.717) is 0 Å². The summed E-state index contributed by atoms with van der Waals surface area (Å²) in [5.74, 6) is 0.0255. The van der Waals surface area contributed by atoms with Crippen molar-refractivity contribution in [3.05, 3.63) is 0 Å². The summed E-state index contributed by atoms with van der Waals surface area (Å²) >= 11 is 0. The summed E-state index contributed by atoms with van der Waals surface area (Å²) in [5, 5.41) is 2.74. The molecule has 1 amide bonds. The van der Waals surface area contributed by atoms with E-state index in [1.54, 1.807) is 0 Å². The van der Waals surface area contributed by atoms with Crippen LogP contribution in [0.2, 0.25) is 0 Å². The second kappa shape index (κ2) is 2.16. The average molecular weight is 117 g/mol. The van der Waals surface area contributed by atoms with E-state index in [4.69, 9.17) is 0 Å². The molecular weight excluding hydrogens is 102 g/mol. The lowest BCUT2D eigenvalue weighted by atomic mass is 10.1. The standard InChI is InChI=1S/C6H13NO.H2/c1-5(8)7-6(2,3)4;/h1-4H3,(H,7,8);1H. The van der Waals surface area contributed by atoms with Gasteiger partial charge < -0.3 is 5.32 Å². The first-order chi connectivity index (χ1) is 3.42. The van der Waals surface area contributed by atoms with Crippen molar-refractivity contribution in [3.8, 4) is 0 Å². The molecule has 0 aliphatic heterocycles. The van der Waals surface area contributed by atoms with Gasteiger partial charge in [-0.15, -0.1) is 0 Å². The maximum atomic E-state index is 10.3. The molecule has 0 aliphatic carbocycles. The van der Waals surface area contributed by atoms with Gasteiger partial charge in [0.05, 0.1) is 0 Å². The first-order valence-corrected chi connectivity index (χ1v) is 2.70. The highest BCUT2D eigenvalue weighted by Gasteiger charge is 2.08. The lowest BCUT2D eigenvalue weighted by Crippen LogP contribution is -2.38. The van der Waals surface area contributed by atoms with Crippen LogP contribution < -0.4 is 5.32 Å². The van der Waals surface area contributed by atoms with E-state index in [-0.39, 0.29) is 12.9 Å².